The Labute approximate surface area is 153 Å². The van der Waals surface area contributed by atoms with Crippen LogP contribution in [0.1, 0.15) is 27.4 Å². The Morgan fingerprint density at radius 3 is 2.75 bits per heavy atom. The molecule has 0 atom stereocenters. The van der Waals surface area contributed by atoms with Gasteiger partial charge in [-0.3, -0.25) is 4.79 Å². The standard InChI is InChI=1S/C18H17BrN2O2S/c1-11-4-6-14(12(2)8-11)17-20-15(10-24-17)18(22)21(3)9-13-5-7-16(19)23-13/h4-8,10H,9H2,1-3H3. The average molecular weight is 405 g/mol. The van der Waals surface area contributed by atoms with Crippen LogP contribution in [0.2, 0.25) is 0 Å². The van der Waals surface area contributed by atoms with E-state index in [4.69, 9.17) is 4.42 Å². The molecule has 3 aromatic rings. The van der Waals surface area contributed by atoms with Gasteiger partial charge in [-0.25, -0.2) is 4.98 Å². The Morgan fingerprint density at radius 1 is 1.29 bits per heavy atom. The summed E-state index contributed by atoms with van der Waals surface area (Å²) in [5.74, 6) is 0.609. The number of rotatable bonds is 4. The molecule has 0 spiro atoms. The van der Waals surface area contributed by atoms with Gasteiger partial charge in [0.05, 0.1) is 6.54 Å². The number of hydrogen-bond acceptors (Lipinski definition) is 4. The Bertz CT molecular complexity index is 885. The van der Waals surface area contributed by atoms with E-state index in [9.17, 15) is 4.79 Å². The lowest BCUT2D eigenvalue weighted by atomic mass is 10.1. The molecular weight excluding hydrogens is 388 g/mol. The number of nitrogens with zero attached hydrogens (tertiary/aromatic N) is 2. The topological polar surface area (TPSA) is 46.3 Å². The molecule has 0 saturated carbocycles. The molecule has 0 fully saturated rings. The molecule has 2 heterocycles. The summed E-state index contributed by atoms with van der Waals surface area (Å²) in [5.41, 5.74) is 3.91. The molecule has 2 aromatic heterocycles. The predicted molar refractivity (Wildman–Crippen MR) is 99.2 cm³/mol. The first-order chi connectivity index (χ1) is 11.4. The van der Waals surface area contributed by atoms with E-state index < -0.39 is 0 Å². The van der Waals surface area contributed by atoms with Crippen LogP contribution in [0.15, 0.2) is 44.8 Å². The minimum atomic E-state index is -0.116. The van der Waals surface area contributed by atoms with Gasteiger partial charge < -0.3 is 9.32 Å². The summed E-state index contributed by atoms with van der Waals surface area (Å²) < 4.78 is 6.10. The van der Waals surface area contributed by atoms with Gasteiger partial charge in [0, 0.05) is 18.0 Å². The number of halogens is 1. The van der Waals surface area contributed by atoms with E-state index in [0.29, 0.717) is 16.9 Å². The zero-order valence-corrected chi connectivity index (χ0v) is 16.1. The Morgan fingerprint density at radius 2 is 2.08 bits per heavy atom. The molecule has 0 aliphatic carbocycles. The van der Waals surface area contributed by atoms with Gasteiger partial charge >= 0.3 is 0 Å². The smallest absolute Gasteiger partial charge is 0.273 e. The maximum Gasteiger partial charge on any atom is 0.273 e. The number of carbonyl (C=O) groups is 1. The molecule has 0 radical (unpaired) electrons. The Balaban J connectivity index is 1.78. The van der Waals surface area contributed by atoms with Gasteiger partial charge in [0.1, 0.15) is 16.5 Å². The van der Waals surface area contributed by atoms with Crippen molar-refractivity contribution in [1.29, 1.82) is 0 Å². The number of benzene rings is 1. The summed E-state index contributed by atoms with van der Waals surface area (Å²) in [6.45, 7) is 4.53. The highest BCUT2D eigenvalue weighted by atomic mass is 79.9. The molecule has 4 nitrogen and oxygen atoms in total. The molecular formula is C18H17BrN2O2S. The highest BCUT2D eigenvalue weighted by Gasteiger charge is 2.18. The quantitative estimate of drug-likeness (QED) is 0.610. The molecule has 6 heteroatoms. The molecule has 0 aliphatic heterocycles. The van der Waals surface area contributed by atoms with Crippen molar-refractivity contribution in [3.05, 3.63) is 63.0 Å². The summed E-state index contributed by atoms with van der Waals surface area (Å²) in [7, 11) is 1.74. The Hall–Kier alpha value is -1.92. The average Bonchev–Trinajstić information content (AvgIpc) is 3.16. The van der Waals surface area contributed by atoms with E-state index in [1.165, 1.54) is 16.9 Å². The van der Waals surface area contributed by atoms with E-state index in [0.717, 1.165) is 21.9 Å². The van der Waals surface area contributed by atoms with Gasteiger partial charge in [0.2, 0.25) is 0 Å². The number of aromatic nitrogens is 1. The zero-order chi connectivity index (χ0) is 17.3. The van der Waals surface area contributed by atoms with Crippen molar-refractivity contribution in [3.63, 3.8) is 0 Å². The summed E-state index contributed by atoms with van der Waals surface area (Å²) in [4.78, 5) is 18.7. The van der Waals surface area contributed by atoms with Crippen molar-refractivity contribution in [2.45, 2.75) is 20.4 Å². The summed E-state index contributed by atoms with van der Waals surface area (Å²) in [5, 5.41) is 2.68. The zero-order valence-electron chi connectivity index (χ0n) is 13.7. The van der Waals surface area contributed by atoms with Gasteiger partial charge in [0.25, 0.3) is 5.91 Å². The van der Waals surface area contributed by atoms with Gasteiger partial charge in [0.15, 0.2) is 4.67 Å². The third kappa shape index (κ3) is 3.60. The molecule has 3 rings (SSSR count). The predicted octanol–water partition coefficient (Wildman–Crippen LogP) is 5.05. The lowest BCUT2D eigenvalue weighted by Gasteiger charge is -2.14. The van der Waals surface area contributed by atoms with E-state index >= 15 is 0 Å². The first-order valence-electron chi connectivity index (χ1n) is 7.47. The maximum absolute atomic E-state index is 12.6. The second-order valence-electron chi connectivity index (χ2n) is 5.72. The Kier molecular flexibility index (Phi) is 4.87. The van der Waals surface area contributed by atoms with Gasteiger partial charge in [-0.05, 0) is 47.5 Å². The van der Waals surface area contributed by atoms with Crippen LogP contribution in [0.3, 0.4) is 0 Å². The highest BCUT2D eigenvalue weighted by Crippen LogP contribution is 2.28. The van der Waals surface area contributed by atoms with Crippen LogP contribution in [-0.4, -0.2) is 22.8 Å². The number of amides is 1. The van der Waals surface area contributed by atoms with E-state index in [1.807, 2.05) is 17.5 Å². The van der Waals surface area contributed by atoms with Crippen molar-refractivity contribution in [3.8, 4) is 10.6 Å². The number of aryl methyl sites for hydroxylation is 2. The monoisotopic (exact) mass is 404 g/mol. The molecule has 0 N–H and O–H groups in total. The van der Waals surface area contributed by atoms with E-state index in [2.05, 4.69) is 53.0 Å². The second kappa shape index (κ2) is 6.91. The number of thiazole rings is 1. The molecule has 1 aromatic carbocycles. The summed E-state index contributed by atoms with van der Waals surface area (Å²) in [6.07, 6.45) is 0. The van der Waals surface area contributed by atoms with Gasteiger partial charge in [-0.1, -0.05) is 23.8 Å². The fourth-order valence-corrected chi connectivity index (χ4v) is 3.71. The van der Waals surface area contributed by atoms with Crippen LogP contribution in [0.5, 0.6) is 0 Å². The second-order valence-corrected chi connectivity index (χ2v) is 7.36. The normalized spacial score (nSPS) is 10.8. The fourth-order valence-electron chi connectivity index (χ4n) is 2.49. The van der Waals surface area contributed by atoms with Crippen LogP contribution in [0, 0.1) is 13.8 Å². The number of furan rings is 1. The van der Waals surface area contributed by atoms with Crippen LogP contribution < -0.4 is 0 Å². The van der Waals surface area contributed by atoms with Crippen molar-refractivity contribution < 1.29 is 9.21 Å². The lowest BCUT2D eigenvalue weighted by Crippen LogP contribution is -2.26. The highest BCUT2D eigenvalue weighted by molar-refractivity contribution is 9.10. The molecule has 1 amide bonds. The van der Waals surface area contributed by atoms with E-state index in [1.54, 1.807) is 11.9 Å². The summed E-state index contributed by atoms with van der Waals surface area (Å²) >= 11 is 4.75. The van der Waals surface area contributed by atoms with Crippen molar-refractivity contribution >= 4 is 33.2 Å². The SMILES string of the molecule is Cc1ccc(-c2nc(C(=O)N(C)Cc3ccc(Br)o3)cs2)c(C)c1. The van der Waals surface area contributed by atoms with Crippen molar-refractivity contribution in [2.24, 2.45) is 0 Å². The molecule has 0 bridgehead atoms. The molecule has 0 aliphatic rings. The van der Waals surface area contributed by atoms with Gasteiger partial charge in [-0.15, -0.1) is 11.3 Å². The first kappa shape index (κ1) is 16.9. The van der Waals surface area contributed by atoms with Crippen LogP contribution in [-0.2, 0) is 6.54 Å². The molecule has 0 saturated heterocycles. The minimum Gasteiger partial charge on any atom is -0.452 e. The van der Waals surface area contributed by atoms with Gasteiger partial charge in [-0.2, -0.15) is 0 Å². The van der Waals surface area contributed by atoms with Crippen LogP contribution in [0.4, 0.5) is 0 Å². The van der Waals surface area contributed by atoms with Crippen LogP contribution >= 0.6 is 27.3 Å². The third-order valence-corrected chi connectivity index (χ3v) is 5.01. The third-order valence-electron chi connectivity index (χ3n) is 3.70. The maximum atomic E-state index is 12.6. The largest absolute Gasteiger partial charge is 0.452 e. The molecule has 124 valence electrons. The number of hydrogen-bond donors (Lipinski definition) is 0. The van der Waals surface area contributed by atoms with Crippen molar-refractivity contribution in [2.75, 3.05) is 7.05 Å². The van der Waals surface area contributed by atoms with Crippen LogP contribution in [0.25, 0.3) is 10.6 Å². The minimum absolute atomic E-state index is 0.116. The first-order valence-corrected chi connectivity index (χ1v) is 9.14. The molecule has 0 unspecified atom stereocenters. The van der Waals surface area contributed by atoms with Crippen molar-refractivity contribution in [1.82, 2.24) is 9.88 Å². The number of carbonyl (C=O) groups excluding carboxylic acids is 1. The van der Waals surface area contributed by atoms with E-state index in [-0.39, 0.29) is 5.91 Å². The fraction of sp³-hybridized carbons (Fsp3) is 0.222. The molecule has 24 heavy (non-hydrogen) atoms. The lowest BCUT2D eigenvalue weighted by molar-refractivity contribution is 0.0770. The summed E-state index contributed by atoms with van der Waals surface area (Å²) in [6, 6.07) is 9.90.